The van der Waals surface area contributed by atoms with Crippen LogP contribution in [0.4, 0.5) is 4.79 Å². The van der Waals surface area contributed by atoms with Crippen LogP contribution in [0.1, 0.15) is 13.3 Å². The Labute approximate surface area is 128 Å². The summed E-state index contributed by atoms with van der Waals surface area (Å²) >= 11 is 11.7. The number of amides is 2. The fourth-order valence-corrected chi connectivity index (χ4v) is 1.82. The summed E-state index contributed by atoms with van der Waals surface area (Å²) in [6.07, 6.45) is 0.769. The van der Waals surface area contributed by atoms with E-state index in [0.29, 0.717) is 35.6 Å². The summed E-state index contributed by atoms with van der Waals surface area (Å²) in [5.41, 5.74) is 0. The van der Waals surface area contributed by atoms with Crippen LogP contribution in [0.3, 0.4) is 0 Å². The number of halogens is 2. The first-order valence-electron chi connectivity index (χ1n) is 6.30. The summed E-state index contributed by atoms with van der Waals surface area (Å²) in [5, 5.41) is 6.18. The molecule has 0 spiro atoms. The lowest BCUT2D eigenvalue weighted by Gasteiger charge is -2.10. The van der Waals surface area contributed by atoms with E-state index in [2.05, 4.69) is 10.6 Å². The van der Waals surface area contributed by atoms with Gasteiger partial charge in [0.05, 0.1) is 5.02 Å². The van der Waals surface area contributed by atoms with Crippen molar-refractivity contribution in [1.29, 1.82) is 0 Å². The van der Waals surface area contributed by atoms with Crippen molar-refractivity contribution < 1.29 is 14.3 Å². The van der Waals surface area contributed by atoms with Gasteiger partial charge in [-0.1, -0.05) is 23.2 Å². The summed E-state index contributed by atoms with van der Waals surface area (Å²) < 4.78 is 10.5. The third kappa shape index (κ3) is 6.84. The summed E-state index contributed by atoms with van der Waals surface area (Å²) in [6.45, 7) is 3.82. The second-order valence-electron chi connectivity index (χ2n) is 3.85. The molecule has 7 heteroatoms. The minimum Gasteiger partial charge on any atom is -0.472 e. The van der Waals surface area contributed by atoms with Crippen LogP contribution in [0.5, 0.6) is 5.75 Å². The molecule has 0 saturated heterocycles. The number of nitrogens with one attached hydrogen (secondary N) is 2. The van der Waals surface area contributed by atoms with Crippen molar-refractivity contribution in [3.8, 4) is 5.75 Å². The molecule has 1 aromatic rings. The van der Waals surface area contributed by atoms with Gasteiger partial charge in [-0.05, 0) is 31.5 Å². The first-order chi connectivity index (χ1) is 9.63. The Balaban J connectivity index is 2.15. The molecule has 0 aromatic heterocycles. The van der Waals surface area contributed by atoms with Gasteiger partial charge in [0.1, 0.15) is 5.75 Å². The lowest BCUT2D eigenvalue weighted by Crippen LogP contribution is -2.38. The largest absolute Gasteiger partial charge is 0.472 e. The van der Waals surface area contributed by atoms with E-state index >= 15 is 0 Å². The number of rotatable bonds is 8. The normalized spacial score (nSPS) is 10.2. The third-order valence-corrected chi connectivity index (χ3v) is 2.84. The maximum absolute atomic E-state index is 11.4. The van der Waals surface area contributed by atoms with E-state index in [1.54, 1.807) is 18.2 Å². The monoisotopic (exact) mass is 320 g/mol. The molecule has 0 bridgehead atoms. The second kappa shape index (κ2) is 9.69. The van der Waals surface area contributed by atoms with E-state index < -0.39 is 0 Å². The molecule has 0 fully saturated rings. The maximum Gasteiger partial charge on any atom is 0.317 e. The fraction of sp³-hybridized carbons (Fsp3) is 0.462. The summed E-state index contributed by atoms with van der Waals surface area (Å²) in [4.78, 5) is 11.4. The van der Waals surface area contributed by atoms with Crippen molar-refractivity contribution in [3.63, 3.8) is 0 Å². The van der Waals surface area contributed by atoms with Crippen LogP contribution in [0.25, 0.3) is 0 Å². The highest BCUT2D eigenvalue weighted by Crippen LogP contribution is 2.27. The molecule has 0 aliphatic carbocycles. The van der Waals surface area contributed by atoms with Crippen LogP contribution in [0, 0.1) is 0 Å². The van der Waals surface area contributed by atoms with Crippen LogP contribution in [-0.2, 0) is 4.74 Å². The highest BCUT2D eigenvalue weighted by molar-refractivity contribution is 6.35. The molecule has 0 radical (unpaired) electrons. The molecular weight excluding hydrogens is 303 g/mol. The standard InChI is InChI=1S/C13H18Cl2N2O3/c1-2-19-7-3-6-16-13(18)17-9-20-12-5-4-10(14)8-11(12)15/h4-5,8H,2-3,6-7,9H2,1H3,(H2,16,17,18). The Bertz CT molecular complexity index is 430. The number of carbonyl (C=O) groups excluding carboxylic acids is 1. The van der Waals surface area contributed by atoms with Crippen LogP contribution in [-0.4, -0.2) is 32.5 Å². The van der Waals surface area contributed by atoms with Crippen molar-refractivity contribution in [2.45, 2.75) is 13.3 Å². The van der Waals surface area contributed by atoms with E-state index in [0.717, 1.165) is 6.42 Å². The zero-order chi connectivity index (χ0) is 14.8. The van der Waals surface area contributed by atoms with Gasteiger partial charge in [-0.2, -0.15) is 0 Å². The lowest BCUT2D eigenvalue weighted by atomic mass is 10.3. The number of hydrogen-bond donors (Lipinski definition) is 2. The fourth-order valence-electron chi connectivity index (χ4n) is 1.35. The van der Waals surface area contributed by atoms with Crippen molar-refractivity contribution >= 4 is 29.2 Å². The van der Waals surface area contributed by atoms with Gasteiger partial charge in [0.2, 0.25) is 0 Å². The van der Waals surface area contributed by atoms with E-state index in [9.17, 15) is 4.79 Å². The zero-order valence-electron chi connectivity index (χ0n) is 11.2. The van der Waals surface area contributed by atoms with Gasteiger partial charge in [0.25, 0.3) is 0 Å². The molecule has 20 heavy (non-hydrogen) atoms. The summed E-state index contributed by atoms with van der Waals surface area (Å²) in [7, 11) is 0. The molecule has 0 heterocycles. The molecule has 0 atom stereocenters. The van der Waals surface area contributed by atoms with Crippen molar-refractivity contribution in [2.75, 3.05) is 26.5 Å². The Kier molecular flexibility index (Phi) is 8.18. The molecule has 0 saturated carbocycles. The van der Waals surface area contributed by atoms with E-state index in [4.69, 9.17) is 32.7 Å². The van der Waals surface area contributed by atoms with Gasteiger partial charge in [-0.15, -0.1) is 0 Å². The Morgan fingerprint density at radius 2 is 2.10 bits per heavy atom. The first-order valence-corrected chi connectivity index (χ1v) is 7.06. The predicted molar refractivity (Wildman–Crippen MR) is 79.6 cm³/mol. The number of urea groups is 1. The molecule has 112 valence electrons. The highest BCUT2D eigenvalue weighted by Gasteiger charge is 2.03. The molecule has 0 unspecified atom stereocenters. The van der Waals surface area contributed by atoms with E-state index in [-0.39, 0.29) is 12.8 Å². The van der Waals surface area contributed by atoms with Gasteiger partial charge < -0.3 is 20.1 Å². The molecule has 5 nitrogen and oxygen atoms in total. The van der Waals surface area contributed by atoms with Gasteiger partial charge in [-0.3, -0.25) is 0 Å². The SMILES string of the molecule is CCOCCCNC(=O)NCOc1ccc(Cl)cc1Cl. The van der Waals surface area contributed by atoms with Gasteiger partial charge >= 0.3 is 6.03 Å². The van der Waals surface area contributed by atoms with Gasteiger partial charge in [0, 0.05) is 24.8 Å². The van der Waals surface area contributed by atoms with Crippen LogP contribution in [0.15, 0.2) is 18.2 Å². The number of hydrogen-bond acceptors (Lipinski definition) is 3. The van der Waals surface area contributed by atoms with E-state index in [1.807, 2.05) is 6.92 Å². The van der Waals surface area contributed by atoms with Crippen LogP contribution in [0.2, 0.25) is 10.0 Å². The van der Waals surface area contributed by atoms with Crippen molar-refractivity contribution in [1.82, 2.24) is 10.6 Å². The Hall–Kier alpha value is -1.17. The van der Waals surface area contributed by atoms with Crippen molar-refractivity contribution in [2.24, 2.45) is 0 Å². The van der Waals surface area contributed by atoms with Crippen LogP contribution >= 0.6 is 23.2 Å². The number of carbonyl (C=O) groups is 1. The first kappa shape index (κ1) is 16.9. The second-order valence-corrected chi connectivity index (χ2v) is 4.69. The van der Waals surface area contributed by atoms with Crippen LogP contribution < -0.4 is 15.4 Å². The molecule has 2 amide bonds. The molecule has 1 rings (SSSR count). The molecule has 0 aliphatic rings. The Morgan fingerprint density at radius 1 is 1.30 bits per heavy atom. The minimum absolute atomic E-state index is 0.0264. The smallest absolute Gasteiger partial charge is 0.317 e. The van der Waals surface area contributed by atoms with Crippen molar-refractivity contribution in [3.05, 3.63) is 28.2 Å². The highest BCUT2D eigenvalue weighted by atomic mass is 35.5. The van der Waals surface area contributed by atoms with Gasteiger partial charge in [0.15, 0.2) is 6.73 Å². The van der Waals surface area contributed by atoms with E-state index in [1.165, 1.54) is 0 Å². The third-order valence-electron chi connectivity index (χ3n) is 2.31. The quantitative estimate of drug-likeness (QED) is 0.571. The Morgan fingerprint density at radius 3 is 2.80 bits per heavy atom. The summed E-state index contributed by atoms with van der Waals surface area (Å²) in [6, 6.07) is 4.58. The van der Waals surface area contributed by atoms with Gasteiger partial charge in [-0.25, -0.2) is 4.79 Å². The topological polar surface area (TPSA) is 59.6 Å². The molecular formula is C13H18Cl2N2O3. The average molecular weight is 321 g/mol. The molecule has 1 aromatic carbocycles. The molecule has 0 aliphatic heterocycles. The lowest BCUT2D eigenvalue weighted by molar-refractivity contribution is 0.145. The maximum atomic E-state index is 11.4. The number of benzene rings is 1. The predicted octanol–water partition coefficient (Wildman–Crippen LogP) is 3.06. The average Bonchev–Trinajstić information content (AvgIpc) is 2.41. The minimum atomic E-state index is -0.299. The summed E-state index contributed by atoms with van der Waals surface area (Å²) in [5.74, 6) is 0.465. The molecule has 2 N–H and O–H groups in total. The zero-order valence-corrected chi connectivity index (χ0v) is 12.8. The number of ether oxygens (including phenoxy) is 2.